The number of nitrogens with zero attached hydrogens (tertiary/aromatic N) is 1. The first-order valence-electron chi connectivity index (χ1n) is 3.49. The first kappa shape index (κ1) is 8.00. The second kappa shape index (κ2) is 3.02. The Balaban J connectivity index is 2.52. The number of hydrogen-bond acceptors (Lipinski definition) is 4. The standard InChI is InChI=1S/C8H5NO3S/c10-8(11)6-3-9-12-7(6)5-1-2-13-4-5/h1-4H,(H,10,11). The third-order valence-electron chi connectivity index (χ3n) is 1.58. The van der Waals surface area contributed by atoms with Crippen LogP contribution in [-0.4, -0.2) is 16.2 Å². The summed E-state index contributed by atoms with van der Waals surface area (Å²) in [6.45, 7) is 0. The second-order valence-electron chi connectivity index (χ2n) is 2.39. The minimum atomic E-state index is -1.03. The van der Waals surface area contributed by atoms with Crippen LogP contribution in [0, 0.1) is 0 Å². The maximum Gasteiger partial charge on any atom is 0.341 e. The van der Waals surface area contributed by atoms with Crippen LogP contribution < -0.4 is 0 Å². The van der Waals surface area contributed by atoms with Crippen LogP contribution in [0.1, 0.15) is 10.4 Å². The molecule has 0 aliphatic carbocycles. The van der Waals surface area contributed by atoms with E-state index in [-0.39, 0.29) is 5.56 Å². The van der Waals surface area contributed by atoms with Gasteiger partial charge < -0.3 is 9.63 Å². The summed E-state index contributed by atoms with van der Waals surface area (Å²) in [6, 6.07) is 1.79. The lowest BCUT2D eigenvalue weighted by molar-refractivity contribution is 0.0697. The number of aromatic nitrogens is 1. The van der Waals surface area contributed by atoms with Gasteiger partial charge in [0.1, 0.15) is 5.56 Å². The van der Waals surface area contributed by atoms with Gasteiger partial charge in [-0.3, -0.25) is 0 Å². The van der Waals surface area contributed by atoms with Gasteiger partial charge in [0.2, 0.25) is 0 Å². The van der Waals surface area contributed by atoms with Crippen LogP contribution in [0.5, 0.6) is 0 Å². The lowest BCUT2D eigenvalue weighted by Crippen LogP contribution is -1.95. The van der Waals surface area contributed by atoms with E-state index >= 15 is 0 Å². The molecule has 0 aromatic carbocycles. The molecular formula is C8H5NO3S. The van der Waals surface area contributed by atoms with E-state index in [0.717, 1.165) is 5.56 Å². The molecule has 66 valence electrons. The molecule has 2 heterocycles. The lowest BCUT2D eigenvalue weighted by atomic mass is 10.2. The minimum absolute atomic E-state index is 0.0957. The zero-order valence-corrected chi connectivity index (χ0v) is 7.25. The van der Waals surface area contributed by atoms with E-state index in [1.807, 2.05) is 10.8 Å². The van der Waals surface area contributed by atoms with Crippen molar-refractivity contribution < 1.29 is 14.4 Å². The maximum atomic E-state index is 10.7. The van der Waals surface area contributed by atoms with Gasteiger partial charge >= 0.3 is 5.97 Å². The molecule has 4 nitrogen and oxygen atoms in total. The van der Waals surface area contributed by atoms with Crippen molar-refractivity contribution in [2.45, 2.75) is 0 Å². The Morgan fingerprint density at radius 3 is 3.08 bits per heavy atom. The first-order chi connectivity index (χ1) is 6.29. The van der Waals surface area contributed by atoms with Crippen molar-refractivity contribution in [3.63, 3.8) is 0 Å². The van der Waals surface area contributed by atoms with Crippen molar-refractivity contribution in [3.8, 4) is 11.3 Å². The van der Waals surface area contributed by atoms with Crippen LogP contribution in [0.15, 0.2) is 27.5 Å². The molecule has 0 amide bonds. The maximum absolute atomic E-state index is 10.7. The van der Waals surface area contributed by atoms with Crippen LogP contribution in [0.4, 0.5) is 0 Å². The molecule has 2 rings (SSSR count). The van der Waals surface area contributed by atoms with Crippen molar-refractivity contribution in [2.75, 3.05) is 0 Å². The summed E-state index contributed by atoms with van der Waals surface area (Å²) in [7, 11) is 0. The van der Waals surface area contributed by atoms with E-state index in [9.17, 15) is 4.79 Å². The summed E-state index contributed by atoms with van der Waals surface area (Å²) in [5.74, 6) is -0.712. The molecule has 0 unspecified atom stereocenters. The van der Waals surface area contributed by atoms with E-state index in [1.54, 1.807) is 6.07 Å². The number of carboxylic acid groups (broad SMARTS) is 1. The van der Waals surface area contributed by atoms with Crippen LogP contribution in [0.2, 0.25) is 0 Å². The number of carboxylic acids is 1. The molecule has 0 spiro atoms. The van der Waals surface area contributed by atoms with Crippen molar-refractivity contribution in [2.24, 2.45) is 0 Å². The zero-order valence-electron chi connectivity index (χ0n) is 6.43. The van der Waals surface area contributed by atoms with Gasteiger partial charge in [-0.15, -0.1) is 0 Å². The van der Waals surface area contributed by atoms with Crippen molar-refractivity contribution in [3.05, 3.63) is 28.6 Å². The highest BCUT2D eigenvalue weighted by atomic mass is 32.1. The van der Waals surface area contributed by atoms with Gasteiger partial charge in [-0.05, 0) is 11.4 Å². The average molecular weight is 195 g/mol. The molecular weight excluding hydrogens is 190 g/mol. The Bertz CT molecular complexity index is 418. The highest BCUT2D eigenvalue weighted by Crippen LogP contribution is 2.25. The summed E-state index contributed by atoms with van der Waals surface area (Å²) in [5.41, 5.74) is 0.846. The van der Waals surface area contributed by atoms with E-state index in [0.29, 0.717) is 5.76 Å². The number of rotatable bonds is 2. The van der Waals surface area contributed by atoms with E-state index in [1.165, 1.54) is 17.5 Å². The SMILES string of the molecule is O=C(O)c1cnoc1-c1ccsc1. The van der Waals surface area contributed by atoms with Crippen molar-refractivity contribution in [1.29, 1.82) is 0 Å². The second-order valence-corrected chi connectivity index (χ2v) is 3.17. The molecule has 0 saturated heterocycles. The van der Waals surface area contributed by atoms with Gasteiger partial charge in [0, 0.05) is 10.9 Å². The molecule has 0 aliphatic rings. The Hall–Kier alpha value is -1.62. The predicted octanol–water partition coefficient (Wildman–Crippen LogP) is 2.10. The minimum Gasteiger partial charge on any atom is -0.477 e. The third-order valence-corrected chi connectivity index (χ3v) is 2.27. The van der Waals surface area contributed by atoms with Gasteiger partial charge in [0.25, 0.3) is 0 Å². The summed E-state index contributed by atoms with van der Waals surface area (Å²) in [5, 5.41) is 15.9. The van der Waals surface area contributed by atoms with Crippen LogP contribution in [0.3, 0.4) is 0 Å². The molecule has 0 atom stereocenters. The quantitative estimate of drug-likeness (QED) is 0.797. The highest BCUT2D eigenvalue weighted by Gasteiger charge is 2.16. The largest absolute Gasteiger partial charge is 0.477 e. The smallest absolute Gasteiger partial charge is 0.341 e. The summed E-state index contributed by atoms with van der Waals surface area (Å²) in [4.78, 5) is 10.7. The van der Waals surface area contributed by atoms with Crippen molar-refractivity contribution >= 4 is 17.3 Å². The molecule has 0 bridgehead atoms. The molecule has 2 aromatic heterocycles. The van der Waals surface area contributed by atoms with Gasteiger partial charge in [-0.25, -0.2) is 4.79 Å². The van der Waals surface area contributed by atoms with Gasteiger partial charge in [0.15, 0.2) is 5.76 Å². The third kappa shape index (κ3) is 1.33. The van der Waals surface area contributed by atoms with Gasteiger partial charge in [-0.2, -0.15) is 11.3 Å². The summed E-state index contributed by atoms with van der Waals surface area (Å²) in [6.07, 6.45) is 1.20. The highest BCUT2D eigenvalue weighted by molar-refractivity contribution is 7.08. The van der Waals surface area contributed by atoms with Gasteiger partial charge in [0.05, 0.1) is 6.20 Å². The topological polar surface area (TPSA) is 63.3 Å². The Kier molecular flexibility index (Phi) is 1.86. The fourth-order valence-corrected chi connectivity index (χ4v) is 1.63. The average Bonchev–Trinajstić information content (AvgIpc) is 2.74. The summed E-state index contributed by atoms with van der Waals surface area (Å²) < 4.78 is 4.85. The molecule has 0 fully saturated rings. The van der Waals surface area contributed by atoms with Gasteiger partial charge in [-0.1, -0.05) is 5.16 Å². The monoisotopic (exact) mass is 195 g/mol. The first-order valence-corrected chi connectivity index (χ1v) is 4.44. The summed E-state index contributed by atoms with van der Waals surface area (Å²) >= 11 is 1.48. The molecule has 0 aliphatic heterocycles. The number of aromatic carboxylic acids is 1. The van der Waals surface area contributed by atoms with Crippen molar-refractivity contribution in [1.82, 2.24) is 5.16 Å². The normalized spacial score (nSPS) is 10.2. The van der Waals surface area contributed by atoms with Crippen LogP contribution in [-0.2, 0) is 0 Å². The number of thiophene rings is 1. The number of carbonyl (C=O) groups is 1. The molecule has 2 aromatic rings. The molecule has 5 heteroatoms. The molecule has 13 heavy (non-hydrogen) atoms. The fraction of sp³-hybridized carbons (Fsp3) is 0. The van der Waals surface area contributed by atoms with E-state index in [4.69, 9.17) is 9.63 Å². The molecule has 0 saturated carbocycles. The Morgan fingerprint density at radius 2 is 2.46 bits per heavy atom. The Morgan fingerprint density at radius 1 is 1.62 bits per heavy atom. The van der Waals surface area contributed by atoms with E-state index < -0.39 is 5.97 Å². The molecule has 1 N–H and O–H groups in total. The predicted molar refractivity (Wildman–Crippen MR) is 46.8 cm³/mol. The zero-order chi connectivity index (χ0) is 9.26. The molecule has 0 radical (unpaired) electrons. The van der Waals surface area contributed by atoms with Crippen LogP contribution >= 0.6 is 11.3 Å². The van der Waals surface area contributed by atoms with Crippen LogP contribution in [0.25, 0.3) is 11.3 Å². The fourth-order valence-electron chi connectivity index (χ4n) is 0.994. The van der Waals surface area contributed by atoms with E-state index in [2.05, 4.69) is 5.16 Å². The number of hydrogen-bond donors (Lipinski definition) is 1. The Labute approximate surface area is 77.4 Å². The lowest BCUT2D eigenvalue weighted by Gasteiger charge is -1.90.